The van der Waals surface area contributed by atoms with Crippen LogP contribution in [0.4, 0.5) is 0 Å². The van der Waals surface area contributed by atoms with Gasteiger partial charge in [0.05, 0.1) is 0 Å². The van der Waals surface area contributed by atoms with Crippen LogP contribution in [0.3, 0.4) is 0 Å². The van der Waals surface area contributed by atoms with E-state index in [1.54, 1.807) is 18.3 Å². The Morgan fingerprint density at radius 1 is 1.46 bits per heavy atom. The molecular formula is C7H6KNO3S. The van der Waals surface area contributed by atoms with Crippen molar-refractivity contribution in [2.24, 2.45) is 0 Å². The van der Waals surface area contributed by atoms with E-state index in [9.17, 15) is 13.0 Å². The molecular weight excluding hydrogens is 217 g/mol. The van der Waals surface area contributed by atoms with Gasteiger partial charge in [0, 0.05) is 17.8 Å². The molecule has 0 spiro atoms. The average Bonchev–Trinajstić information content (AvgIpc) is 2.02. The zero-order valence-corrected chi connectivity index (χ0v) is 11.0. The third-order valence-corrected chi connectivity index (χ3v) is 1.58. The van der Waals surface area contributed by atoms with Gasteiger partial charge >= 0.3 is 51.4 Å². The maximum atomic E-state index is 10.1. The van der Waals surface area contributed by atoms with Crippen LogP contribution in [0.2, 0.25) is 0 Å². The van der Waals surface area contributed by atoms with E-state index in [-0.39, 0.29) is 51.4 Å². The number of hydrogen-bond donors (Lipinski definition) is 0. The van der Waals surface area contributed by atoms with Crippen LogP contribution in [-0.4, -0.2) is 18.0 Å². The van der Waals surface area contributed by atoms with Crippen molar-refractivity contribution in [3.05, 3.63) is 35.5 Å². The molecule has 0 aliphatic heterocycles. The molecule has 13 heavy (non-hydrogen) atoms. The molecule has 0 fully saturated rings. The fraction of sp³-hybridized carbons (Fsp3) is 0. The van der Waals surface area contributed by atoms with Crippen molar-refractivity contribution in [2.75, 3.05) is 0 Å². The average molecular weight is 223 g/mol. The fourth-order valence-electron chi connectivity index (χ4n) is 0.636. The molecule has 0 radical (unpaired) electrons. The van der Waals surface area contributed by atoms with E-state index in [1.807, 2.05) is 0 Å². The molecule has 1 rings (SSSR count). The minimum atomic E-state index is -4.28. The van der Waals surface area contributed by atoms with Gasteiger partial charge in [-0.05, 0) is 17.7 Å². The van der Waals surface area contributed by atoms with Gasteiger partial charge in [0.25, 0.3) is 0 Å². The van der Waals surface area contributed by atoms with Crippen molar-refractivity contribution >= 4 is 16.2 Å². The summed E-state index contributed by atoms with van der Waals surface area (Å²) in [6.07, 6.45) is 4.22. The van der Waals surface area contributed by atoms with Gasteiger partial charge in [-0.2, -0.15) is 0 Å². The molecule has 1 heterocycles. The van der Waals surface area contributed by atoms with E-state index >= 15 is 0 Å². The van der Waals surface area contributed by atoms with E-state index in [2.05, 4.69) is 4.98 Å². The van der Waals surface area contributed by atoms with E-state index in [0.717, 1.165) is 0 Å². The van der Waals surface area contributed by atoms with Crippen molar-refractivity contribution in [1.82, 2.24) is 4.98 Å². The zero-order valence-electron chi connectivity index (χ0n) is 7.04. The molecule has 0 saturated carbocycles. The summed E-state index contributed by atoms with van der Waals surface area (Å²) in [5.41, 5.74) is 0.580. The molecule has 0 aliphatic carbocycles. The second-order valence-corrected chi connectivity index (χ2v) is 3.34. The molecule has 0 aliphatic rings. The Morgan fingerprint density at radius 3 is 2.62 bits per heavy atom. The molecule has 0 unspecified atom stereocenters. The summed E-state index contributed by atoms with van der Waals surface area (Å²) in [6, 6.07) is 3.30. The van der Waals surface area contributed by atoms with Crippen LogP contribution < -0.4 is 51.4 Å². The smallest absolute Gasteiger partial charge is 0.744 e. The third kappa shape index (κ3) is 6.50. The standard InChI is InChI=1S/C7H7NO3S.K/c9-12(10,11)5-3-7-2-1-4-8-6-7;/h1-6H,(H,9,10,11);/q;+1/p-1/b5-3+;. The van der Waals surface area contributed by atoms with Gasteiger partial charge in [0.2, 0.25) is 0 Å². The molecule has 1 aromatic rings. The zero-order chi connectivity index (χ0) is 9.03. The van der Waals surface area contributed by atoms with Gasteiger partial charge < -0.3 is 4.55 Å². The van der Waals surface area contributed by atoms with Gasteiger partial charge in [-0.15, -0.1) is 0 Å². The Labute approximate surface area is 119 Å². The molecule has 0 bridgehead atoms. The van der Waals surface area contributed by atoms with E-state index in [4.69, 9.17) is 0 Å². The van der Waals surface area contributed by atoms with Crippen molar-refractivity contribution in [3.63, 3.8) is 0 Å². The van der Waals surface area contributed by atoms with Crippen molar-refractivity contribution in [1.29, 1.82) is 0 Å². The summed E-state index contributed by atoms with van der Waals surface area (Å²) < 4.78 is 30.4. The second kappa shape index (κ2) is 6.02. The summed E-state index contributed by atoms with van der Waals surface area (Å²) in [5.74, 6) is 0. The number of rotatable bonds is 2. The molecule has 0 aromatic carbocycles. The minimum Gasteiger partial charge on any atom is -0.744 e. The molecule has 6 heteroatoms. The Bertz CT molecular complexity index is 374. The molecule has 0 N–H and O–H groups in total. The Balaban J connectivity index is 0.00000144. The summed E-state index contributed by atoms with van der Waals surface area (Å²) >= 11 is 0. The molecule has 0 atom stereocenters. The number of pyridine rings is 1. The van der Waals surface area contributed by atoms with Crippen LogP contribution >= 0.6 is 0 Å². The van der Waals surface area contributed by atoms with Crippen LogP contribution in [0.1, 0.15) is 5.56 Å². The van der Waals surface area contributed by atoms with Crippen LogP contribution in [0.15, 0.2) is 29.9 Å². The predicted molar refractivity (Wildman–Crippen MR) is 43.0 cm³/mol. The van der Waals surface area contributed by atoms with Crippen LogP contribution in [0.25, 0.3) is 6.08 Å². The largest absolute Gasteiger partial charge is 1.00 e. The Morgan fingerprint density at radius 2 is 2.15 bits per heavy atom. The number of aromatic nitrogens is 1. The third-order valence-electron chi connectivity index (χ3n) is 1.11. The summed E-state index contributed by atoms with van der Waals surface area (Å²) in [4.78, 5) is 3.74. The van der Waals surface area contributed by atoms with E-state index < -0.39 is 10.1 Å². The number of nitrogens with zero attached hydrogens (tertiary/aromatic N) is 1. The molecule has 1 aromatic heterocycles. The maximum Gasteiger partial charge on any atom is 1.00 e. The van der Waals surface area contributed by atoms with Gasteiger partial charge in [-0.3, -0.25) is 4.98 Å². The van der Waals surface area contributed by atoms with Gasteiger partial charge in [0.15, 0.2) is 0 Å². The number of hydrogen-bond acceptors (Lipinski definition) is 4. The maximum absolute atomic E-state index is 10.1. The van der Waals surface area contributed by atoms with Gasteiger partial charge in [-0.1, -0.05) is 6.07 Å². The first-order valence-corrected chi connectivity index (χ1v) is 4.59. The van der Waals surface area contributed by atoms with Crippen LogP contribution in [0.5, 0.6) is 0 Å². The quantitative estimate of drug-likeness (QED) is 0.414. The molecule has 0 saturated heterocycles. The minimum absolute atomic E-state index is 0. The van der Waals surface area contributed by atoms with Gasteiger partial charge in [-0.25, -0.2) is 8.42 Å². The Kier molecular flexibility index (Phi) is 6.22. The van der Waals surface area contributed by atoms with E-state index in [1.165, 1.54) is 12.3 Å². The van der Waals surface area contributed by atoms with E-state index in [0.29, 0.717) is 11.0 Å². The normalized spacial score (nSPS) is 11.2. The van der Waals surface area contributed by atoms with Crippen molar-refractivity contribution in [3.8, 4) is 0 Å². The van der Waals surface area contributed by atoms with Crippen LogP contribution in [0, 0.1) is 0 Å². The van der Waals surface area contributed by atoms with Gasteiger partial charge in [0.1, 0.15) is 10.1 Å². The second-order valence-electron chi connectivity index (χ2n) is 2.08. The topological polar surface area (TPSA) is 70.1 Å². The van der Waals surface area contributed by atoms with Crippen LogP contribution in [-0.2, 0) is 10.1 Å². The summed E-state index contributed by atoms with van der Waals surface area (Å²) in [7, 11) is -4.28. The fourth-order valence-corrected chi connectivity index (χ4v) is 0.960. The monoisotopic (exact) mass is 223 g/mol. The molecule has 0 amide bonds. The molecule has 4 nitrogen and oxygen atoms in total. The Hall–Kier alpha value is 0.436. The first-order chi connectivity index (χ1) is 5.58. The molecule has 64 valence electrons. The summed E-state index contributed by atoms with van der Waals surface area (Å²) in [6.45, 7) is 0. The first-order valence-electron chi connectivity index (χ1n) is 3.12. The SMILES string of the molecule is O=S(=O)([O-])/C=C/c1cccnc1.[K+]. The summed E-state index contributed by atoms with van der Waals surface area (Å²) in [5, 5.41) is 0.601. The predicted octanol–water partition coefficient (Wildman–Crippen LogP) is -2.40. The van der Waals surface area contributed by atoms with Crippen molar-refractivity contribution in [2.45, 2.75) is 0 Å². The first kappa shape index (κ1) is 13.4. The van der Waals surface area contributed by atoms with Crippen molar-refractivity contribution < 1.29 is 64.4 Å².